The number of nitrogens with two attached hydrogens (primary N) is 1. The Kier molecular flexibility index (Phi) is 9.71. The number of likely N-dealkylation sites (tertiary alicyclic amines) is 1. The molecule has 37 heavy (non-hydrogen) atoms. The maximum atomic E-state index is 10.5. The molecule has 9 heteroatoms. The van der Waals surface area contributed by atoms with Crippen molar-refractivity contribution in [1.82, 2.24) is 24.5 Å². The number of aliphatic hydroxyl groups is 1. The van der Waals surface area contributed by atoms with Crippen molar-refractivity contribution in [1.29, 1.82) is 0 Å². The molecule has 1 unspecified atom stereocenters. The highest BCUT2D eigenvalue weighted by Gasteiger charge is 2.21. The Morgan fingerprint density at radius 1 is 1.08 bits per heavy atom. The molecule has 4 rings (SSSR count). The quantitative estimate of drug-likeness (QED) is 0.293. The fourth-order valence-corrected chi connectivity index (χ4v) is 4.74. The van der Waals surface area contributed by atoms with Gasteiger partial charge in [-0.1, -0.05) is 57.4 Å². The number of hydrogen-bond acceptors (Lipinski definition) is 8. The van der Waals surface area contributed by atoms with Gasteiger partial charge in [0.25, 0.3) is 0 Å². The summed E-state index contributed by atoms with van der Waals surface area (Å²) in [6.45, 7) is 7.62. The molecule has 1 aliphatic rings. The number of unbranched alkanes of at least 4 members (excludes halogenated alkanes) is 3. The van der Waals surface area contributed by atoms with Crippen molar-refractivity contribution < 1.29 is 9.84 Å². The van der Waals surface area contributed by atoms with Gasteiger partial charge in [0.15, 0.2) is 5.65 Å². The van der Waals surface area contributed by atoms with Gasteiger partial charge in [0.2, 0.25) is 5.95 Å². The lowest BCUT2D eigenvalue weighted by molar-refractivity contribution is 0.105. The maximum Gasteiger partial charge on any atom is 0.322 e. The van der Waals surface area contributed by atoms with Crippen LogP contribution in [0.15, 0.2) is 30.5 Å². The first kappa shape index (κ1) is 27.3. The van der Waals surface area contributed by atoms with E-state index in [-0.39, 0.29) is 12.0 Å². The minimum Gasteiger partial charge on any atom is -0.460 e. The Morgan fingerprint density at radius 2 is 1.81 bits per heavy atom. The van der Waals surface area contributed by atoms with Crippen molar-refractivity contribution in [3.05, 3.63) is 47.2 Å². The zero-order valence-electron chi connectivity index (χ0n) is 22.6. The van der Waals surface area contributed by atoms with Gasteiger partial charge in [0.1, 0.15) is 6.10 Å². The molecule has 1 aliphatic heterocycles. The lowest BCUT2D eigenvalue weighted by Crippen LogP contribution is -2.36. The summed E-state index contributed by atoms with van der Waals surface area (Å²) in [5, 5.41) is 18.5. The Morgan fingerprint density at radius 3 is 2.51 bits per heavy atom. The average molecular weight is 510 g/mol. The number of aromatic nitrogens is 4. The van der Waals surface area contributed by atoms with Crippen LogP contribution in [-0.2, 0) is 6.54 Å². The highest BCUT2D eigenvalue weighted by molar-refractivity contribution is 5.53. The monoisotopic (exact) mass is 509 g/mol. The van der Waals surface area contributed by atoms with Crippen LogP contribution in [0.3, 0.4) is 0 Å². The SMILES string of the molecule is CC(C)c1cnn2c(NCc3ccc(C(O)CCCCCCN)cc3)nc(OC3CCN(C)CC3)nc12. The summed E-state index contributed by atoms with van der Waals surface area (Å²) >= 11 is 0. The lowest BCUT2D eigenvalue weighted by atomic mass is 10.0. The summed E-state index contributed by atoms with van der Waals surface area (Å²) < 4.78 is 8.00. The first-order chi connectivity index (χ1) is 17.9. The van der Waals surface area contributed by atoms with Gasteiger partial charge in [-0.2, -0.15) is 19.6 Å². The van der Waals surface area contributed by atoms with Crippen molar-refractivity contribution in [2.24, 2.45) is 5.73 Å². The molecule has 2 aromatic heterocycles. The first-order valence-electron chi connectivity index (χ1n) is 13.8. The summed E-state index contributed by atoms with van der Waals surface area (Å²) in [6, 6.07) is 8.53. The lowest BCUT2D eigenvalue weighted by Gasteiger charge is -2.28. The molecule has 0 bridgehead atoms. The van der Waals surface area contributed by atoms with E-state index in [1.54, 1.807) is 4.52 Å². The highest BCUT2D eigenvalue weighted by Crippen LogP contribution is 2.25. The van der Waals surface area contributed by atoms with Gasteiger partial charge < -0.3 is 25.8 Å². The molecule has 3 aromatic rings. The Labute approximate surface area is 220 Å². The van der Waals surface area contributed by atoms with Gasteiger partial charge in [0.05, 0.1) is 12.3 Å². The standard InChI is InChI=1S/C28H43N7O2/c1-20(2)24-19-31-35-26(24)32-28(37-23-13-16-34(3)17-14-23)33-27(35)30-18-21-9-11-22(12-10-21)25(36)8-6-4-5-7-15-29/h9-12,19-20,23,25,36H,4-8,13-18,29H2,1-3H3,(H,30,32,33). The predicted molar refractivity (Wildman–Crippen MR) is 147 cm³/mol. The van der Waals surface area contributed by atoms with Gasteiger partial charge in [0, 0.05) is 25.2 Å². The topological polar surface area (TPSA) is 114 Å². The molecule has 4 N–H and O–H groups in total. The zero-order valence-corrected chi connectivity index (χ0v) is 22.6. The van der Waals surface area contributed by atoms with E-state index in [0.717, 1.165) is 86.9 Å². The molecule has 0 spiro atoms. The third-order valence-electron chi connectivity index (χ3n) is 7.18. The minimum absolute atomic E-state index is 0.122. The van der Waals surface area contributed by atoms with E-state index in [1.807, 2.05) is 18.3 Å². The van der Waals surface area contributed by atoms with Gasteiger partial charge >= 0.3 is 6.01 Å². The van der Waals surface area contributed by atoms with E-state index < -0.39 is 6.10 Å². The second-order valence-corrected chi connectivity index (χ2v) is 10.5. The van der Waals surface area contributed by atoms with E-state index in [0.29, 0.717) is 18.5 Å². The van der Waals surface area contributed by atoms with E-state index in [1.165, 1.54) is 0 Å². The smallest absolute Gasteiger partial charge is 0.322 e. The average Bonchev–Trinajstić information content (AvgIpc) is 3.33. The summed E-state index contributed by atoms with van der Waals surface area (Å²) in [5.74, 6) is 0.900. The van der Waals surface area contributed by atoms with Crippen LogP contribution in [0.25, 0.3) is 5.65 Å². The van der Waals surface area contributed by atoms with Crippen LogP contribution in [0, 0.1) is 0 Å². The fourth-order valence-electron chi connectivity index (χ4n) is 4.74. The minimum atomic E-state index is -0.431. The van der Waals surface area contributed by atoms with Gasteiger partial charge in [-0.15, -0.1) is 0 Å². The number of aliphatic hydroxyl groups excluding tert-OH is 1. The van der Waals surface area contributed by atoms with E-state index in [4.69, 9.17) is 20.4 Å². The Bertz CT molecular complexity index is 1110. The van der Waals surface area contributed by atoms with Gasteiger partial charge in [-0.25, -0.2) is 0 Å². The van der Waals surface area contributed by atoms with Crippen LogP contribution in [0.4, 0.5) is 5.95 Å². The number of ether oxygens (including phenoxy) is 1. The molecule has 1 saturated heterocycles. The maximum absolute atomic E-state index is 10.5. The van der Waals surface area contributed by atoms with Crippen molar-refractivity contribution >= 4 is 11.6 Å². The number of rotatable bonds is 13. The van der Waals surface area contributed by atoms with Crippen LogP contribution >= 0.6 is 0 Å². The van der Waals surface area contributed by atoms with Crippen LogP contribution in [0.5, 0.6) is 6.01 Å². The summed E-state index contributed by atoms with van der Waals surface area (Å²) in [7, 11) is 2.14. The zero-order chi connectivity index (χ0) is 26.2. The largest absolute Gasteiger partial charge is 0.460 e. The number of nitrogens with zero attached hydrogens (tertiary/aromatic N) is 5. The van der Waals surface area contributed by atoms with Crippen molar-refractivity contribution in [3.63, 3.8) is 0 Å². The molecule has 0 amide bonds. The van der Waals surface area contributed by atoms with Gasteiger partial charge in [-0.3, -0.25) is 0 Å². The van der Waals surface area contributed by atoms with Crippen molar-refractivity contribution in [3.8, 4) is 6.01 Å². The molecule has 202 valence electrons. The molecule has 9 nitrogen and oxygen atoms in total. The molecule has 0 radical (unpaired) electrons. The highest BCUT2D eigenvalue weighted by atomic mass is 16.5. The van der Waals surface area contributed by atoms with E-state index >= 15 is 0 Å². The summed E-state index contributed by atoms with van der Waals surface area (Å²) in [5.41, 5.74) is 9.45. The molecule has 0 saturated carbocycles. The molecule has 1 fully saturated rings. The molecular weight excluding hydrogens is 466 g/mol. The second-order valence-electron chi connectivity index (χ2n) is 10.5. The molecule has 3 heterocycles. The normalized spacial score (nSPS) is 15.9. The predicted octanol–water partition coefficient (Wildman–Crippen LogP) is 4.28. The Hall–Kier alpha value is -2.75. The molecule has 1 atom stereocenters. The third-order valence-corrected chi connectivity index (χ3v) is 7.18. The van der Waals surface area contributed by atoms with Crippen LogP contribution in [0.1, 0.15) is 87.5 Å². The van der Waals surface area contributed by atoms with E-state index in [2.05, 4.69) is 48.3 Å². The third kappa shape index (κ3) is 7.40. The van der Waals surface area contributed by atoms with Crippen molar-refractivity contribution in [2.75, 3.05) is 32.0 Å². The van der Waals surface area contributed by atoms with Crippen LogP contribution in [0.2, 0.25) is 0 Å². The summed E-state index contributed by atoms with van der Waals surface area (Å²) in [4.78, 5) is 11.8. The molecule has 0 aliphatic carbocycles. The number of anilines is 1. The van der Waals surface area contributed by atoms with Gasteiger partial charge in [-0.05, 0) is 56.3 Å². The molecule has 1 aromatic carbocycles. The number of hydrogen-bond donors (Lipinski definition) is 3. The van der Waals surface area contributed by atoms with E-state index in [9.17, 15) is 5.11 Å². The number of fused-ring (bicyclic) bond motifs is 1. The van der Waals surface area contributed by atoms with Crippen LogP contribution < -0.4 is 15.8 Å². The number of piperidine rings is 1. The summed E-state index contributed by atoms with van der Waals surface area (Å²) in [6.07, 6.45) is 8.58. The fraction of sp³-hybridized carbons (Fsp3) is 0.607. The number of benzene rings is 1. The molecular formula is C28H43N7O2. The first-order valence-corrected chi connectivity index (χ1v) is 13.8. The second kappa shape index (κ2) is 13.2. The van der Waals surface area contributed by atoms with Crippen LogP contribution in [-0.4, -0.2) is 62.4 Å². The van der Waals surface area contributed by atoms with Crippen molar-refractivity contribution in [2.45, 2.75) is 83.5 Å². The Balaban J connectivity index is 1.42. The number of nitrogens with one attached hydrogen (secondary N) is 1.